The SMILES string of the molecule is CC1CCN(c2ccc(CNC(=O)c3ccccc3OCC(=O)Nc3ccccc3F)cn2)CC1. The van der Waals surface area contributed by atoms with Gasteiger partial charge in [0.2, 0.25) is 0 Å². The first-order valence-corrected chi connectivity index (χ1v) is 11.7. The molecule has 1 aliphatic rings. The van der Waals surface area contributed by atoms with Crippen LogP contribution in [0, 0.1) is 11.7 Å². The molecule has 35 heavy (non-hydrogen) atoms. The third-order valence-corrected chi connectivity index (χ3v) is 6.01. The van der Waals surface area contributed by atoms with Crippen LogP contribution in [-0.4, -0.2) is 36.5 Å². The number of para-hydroxylation sites is 2. The summed E-state index contributed by atoms with van der Waals surface area (Å²) < 4.78 is 19.3. The summed E-state index contributed by atoms with van der Waals surface area (Å²) in [5, 5.41) is 5.33. The number of pyridine rings is 1. The molecule has 0 radical (unpaired) electrons. The first-order valence-electron chi connectivity index (χ1n) is 11.7. The summed E-state index contributed by atoms with van der Waals surface area (Å²) in [6.45, 7) is 4.25. The molecule has 8 heteroatoms. The lowest BCUT2D eigenvalue weighted by Crippen LogP contribution is -2.33. The summed E-state index contributed by atoms with van der Waals surface area (Å²) >= 11 is 0. The molecular formula is C27H29FN4O3. The number of carbonyl (C=O) groups excluding carboxylic acids is 2. The smallest absolute Gasteiger partial charge is 0.262 e. The van der Waals surface area contributed by atoms with Gasteiger partial charge < -0.3 is 20.3 Å². The van der Waals surface area contributed by atoms with Gasteiger partial charge in [-0.15, -0.1) is 0 Å². The number of anilines is 2. The summed E-state index contributed by atoms with van der Waals surface area (Å²) in [4.78, 5) is 31.8. The van der Waals surface area contributed by atoms with E-state index in [9.17, 15) is 14.0 Å². The molecule has 0 unspecified atom stereocenters. The Morgan fingerprint density at radius 2 is 1.80 bits per heavy atom. The van der Waals surface area contributed by atoms with Gasteiger partial charge >= 0.3 is 0 Å². The maximum absolute atomic E-state index is 13.7. The van der Waals surface area contributed by atoms with E-state index in [4.69, 9.17) is 4.74 Å². The Kier molecular flexibility index (Phi) is 7.92. The van der Waals surface area contributed by atoms with E-state index < -0.39 is 11.7 Å². The van der Waals surface area contributed by atoms with Crippen molar-refractivity contribution < 1.29 is 18.7 Å². The number of nitrogens with one attached hydrogen (secondary N) is 2. The fraction of sp³-hybridized carbons (Fsp3) is 0.296. The molecule has 3 aromatic rings. The summed E-state index contributed by atoms with van der Waals surface area (Å²) in [5.41, 5.74) is 1.26. The molecule has 0 aliphatic carbocycles. The van der Waals surface area contributed by atoms with E-state index in [1.807, 2.05) is 12.1 Å². The highest BCUT2D eigenvalue weighted by Gasteiger charge is 2.17. The van der Waals surface area contributed by atoms with Crippen LogP contribution >= 0.6 is 0 Å². The molecule has 0 atom stereocenters. The van der Waals surface area contributed by atoms with Gasteiger partial charge in [0.25, 0.3) is 11.8 Å². The topological polar surface area (TPSA) is 83.6 Å². The molecule has 2 N–H and O–H groups in total. The molecule has 7 nitrogen and oxygen atoms in total. The van der Waals surface area contributed by atoms with Crippen LogP contribution in [0.5, 0.6) is 5.75 Å². The number of piperidine rings is 1. The minimum Gasteiger partial charge on any atom is -0.483 e. The Morgan fingerprint density at radius 3 is 2.54 bits per heavy atom. The molecule has 0 bridgehead atoms. The number of nitrogens with zero attached hydrogens (tertiary/aromatic N) is 2. The van der Waals surface area contributed by atoms with Crippen molar-refractivity contribution >= 4 is 23.3 Å². The summed E-state index contributed by atoms with van der Waals surface area (Å²) in [7, 11) is 0. The lowest BCUT2D eigenvalue weighted by molar-refractivity contribution is -0.118. The van der Waals surface area contributed by atoms with Gasteiger partial charge in [-0.2, -0.15) is 0 Å². The monoisotopic (exact) mass is 476 g/mol. The zero-order chi connectivity index (χ0) is 24.6. The van der Waals surface area contributed by atoms with Crippen molar-refractivity contribution in [2.75, 3.05) is 29.9 Å². The molecule has 0 saturated carbocycles. The maximum atomic E-state index is 13.7. The third kappa shape index (κ3) is 6.56. The van der Waals surface area contributed by atoms with Gasteiger partial charge in [0.15, 0.2) is 6.61 Å². The van der Waals surface area contributed by atoms with Gasteiger partial charge in [0.05, 0.1) is 11.3 Å². The fourth-order valence-electron chi connectivity index (χ4n) is 3.90. The summed E-state index contributed by atoms with van der Waals surface area (Å²) in [6.07, 6.45) is 4.13. The minimum atomic E-state index is -0.534. The van der Waals surface area contributed by atoms with Gasteiger partial charge in [-0.05, 0) is 54.7 Å². The number of amides is 2. The second-order valence-corrected chi connectivity index (χ2v) is 8.69. The number of aromatic nitrogens is 1. The predicted molar refractivity (Wildman–Crippen MR) is 133 cm³/mol. The third-order valence-electron chi connectivity index (χ3n) is 6.01. The van der Waals surface area contributed by atoms with Crippen LogP contribution in [0.1, 0.15) is 35.7 Å². The van der Waals surface area contributed by atoms with Crippen molar-refractivity contribution in [3.8, 4) is 5.75 Å². The Morgan fingerprint density at radius 1 is 1.06 bits per heavy atom. The van der Waals surface area contributed by atoms with E-state index in [-0.39, 0.29) is 24.0 Å². The Bertz CT molecular complexity index is 1160. The Hall–Kier alpha value is -3.94. The lowest BCUT2D eigenvalue weighted by Gasteiger charge is -2.31. The molecule has 2 heterocycles. The van der Waals surface area contributed by atoms with Crippen molar-refractivity contribution in [1.29, 1.82) is 0 Å². The highest BCUT2D eigenvalue weighted by atomic mass is 19.1. The first-order chi connectivity index (χ1) is 17.0. The van der Waals surface area contributed by atoms with Crippen LogP contribution in [0.15, 0.2) is 66.9 Å². The molecule has 1 fully saturated rings. The molecule has 1 aliphatic heterocycles. The number of hydrogen-bond donors (Lipinski definition) is 2. The highest BCUT2D eigenvalue weighted by Crippen LogP contribution is 2.22. The zero-order valence-corrected chi connectivity index (χ0v) is 19.7. The van der Waals surface area contributed by atoms with Crippen LogP contribution in [0.4, 0.5) is 15.9 Å². The molecule has 2 amide bonds. The highest BCUT2D eigenvalue weighted by molar-refractivity contribution is 5.97. The quantitative estimate of drug-likeness (QED) is 0.503. The predicted octanol–water partition coefficient (Wildman–Crippen LogP) is 4.40. The van der Waals surface area contributed by atoms with E-state index in [1.54, 1.807) is 36.5 Å². The Balaban J connectivity index is 1.30. The average molecular weight is 477 g/mol. The van der Waals surface area contributed by atoms with Crippen molar-refractivity contribution in [3.05, 3.63) is 83.8 Å². The Labute approximate surface area is 204 Å². The average Bonchev–Trinajstić information content (AvgIpc) is 2.88. The summed E-state index contributed by atoms with van der Waals surface area (Å²) in [5.74, 6) is 0.590. The first kappa shape index (κ1) is 24.2. The molecule has 1 aromatic heterocycles. The van der Waals surface area contributed by atoms with E-state index in [0.717, 1.165) is 30.4 Å². The standard InChI is InChI=1S/C27H29FN4O3/c1-19-12-14-32(15-13-19)25-11-10-20(16-29-25)17-30-27(34)21-6-2-5-9-24(21)35-18-26(33)31-23-8-4-3-7-22(23)28/h2-11,16,19H,12-15,17-18H2,1H3,(H,30,34)(H,31,33). The molecule has 2 aromatic carbocycles. The maximum Gasteiger partial charge on any atom is 0.262 e. The number of carbonyl (C=O) groups is 2. The second kappa shape index (κ2) is 11.5. The fourth-order valence-corrected chi connectivity index (χ4v) is 3.90. The van der Waals surface area contributed by atoms with Gasteiger partial charge in [0.1, 0.15) is 17.4 Å². The molecule has 4 rings (SSSR count). The van der Waals surface area contributed by atoms with Crippen LogP contribution in [0.2, 0.25) is 0 Å². The molecule has 182 valence electrons. The van der Waals surface area contributed by atoms with Gasteiger partial charge in [-0.25, -0.2) is 9.37 Å². The summed E-state index contributed by atoms with van der Waals surface area (Å²) in [6, 6.07) is 16.5. The van der Waals surface area contributed by atoms with E-state index in [2.05, 4.69) is 27.4 Å². The van der Waals surface area contributed by atoms with Crippen molar-refractivity contribution in [1.82, 2.24) is 10.3 Å². The largest absolute Gasteiger partial charge is 0.483 e. The van der Waals surface area contributed by atoms with Crippen LogP contribution in [0.25, 0.3) is 0 Å². The normalized spacial score (nSPS) is 13.8. The van der Waals surface area contributed by atoms with E-state index >= 15 is 0 Å². The number of halogens is 1. The molecule has 1 saturated heterocycles. The van der Waals surface area contributed by atoms with Crippen molar-refractivity contribution in [2.45, 2.75) is 26.3 Å². The van der Waals surface area contributed by atoms with Crippen LogP contribution < -0.4 is 20.3 Å². The van der Waals surface area contributed by atoms with Gasteiger partial charge in [-0.1, -0.05) is 37.3 Å². The van der Waals surface area contributed by atoms with Crippen molar-refractivity contribution in [3.63, 3.8) is 0 Å². The van der Waals surface area contributed by atoms with Crippen LogP contribution in [-0.2, 0) is 11.3 Å². The molecular weight excluding hydrogens is 447 g/mol. The van der Waals surface area contributed by atoms with Crippen LogP contribution in [0.3, 0.4) is 0 Å². The van der Waals surface area contributed by atoms with Crippen molar-refractivity contribution in [2.24, 2.45) is 5.92 Å². The second-order valence-electron chi connectivity index (χ2n) is 8.69. The lowest BCUT2D eigenvalue weighted by atomic mass is 9.99. The van der Waals surface area contributed by atoms with Gasteiger partial charge in [-0.3, -0.25) is 9.59 Å². The number of hydrogen-bond acceptors (Lipinski definition) is 5. The number of rotatable bonds is 8. The number of ether oxygens (including phenoxy) is 1. The number of benzene rings is 2. The van der Waals surface area contributed by atoms with E-state index in [1.165, 1.54) is 31.0 Å². The van der Waals surface area contributed by atoms with Gasteiger partial charge in [0, 0.05) is 25.8 Å². The minimum absolute atomic E-state index is 0.0709. The van der Waals surface area contributed by atoms with E-state index in [0.29, 0.717) is 12.1 Å². The molecule has 0 spiro atoms. The zero-order valence-electron chi connectivity index (χ0n) is 19.7.